The summed E-state index contributed by atoms with van der Waals surface area (Å²) in [6, 6.07) is 4.20. The van der Waals surface area contributed by atoms with Gasteiger partial charge >= 0.3 is 23.9 Å². The van der Waals surface area contributed by atoms with E-state index in [1.54, 1.807) is 0 Å². The molecule has 0 fully saturated rings. The SMILES string of the molecule is C=CC(=O)OCC(C)(COC(=O)C=C)NS(=O)(=O)c1cccc(S(=O)(=O)NC(C)(COC(=O)C=C)COC(=O)CC)c1. The molecule has 0 bridgehead atoms. The van der Waals surface area contributed by atoms with Crippen molar-refractivity contribution in [2.24, 2.45) is 0 Å². The molecule has 0 radical (unpaired) electrons. The van der Waals surface area contributed by atoms with Crippen LogP contribution in [0.5, 0.6) is 0 Å². The Kier molecular flexibility index (Phi) is 13.3. The number of ether oxygens (including phenoxy) is 4. The van der Waals surface area contributed by atoms with Crippen molar-refractivity contribution in [2.45, 2.75) is 48.1 Å². The number of rotatable bonds is 18. The molecule has 1 atom stereocenters. The molecule has 0 saturated heterocycles. The summed E-state index contributed by atoms with van der Waals surface area (Å²) in [5.74, 6) is -3.25. The molecule has 1 aromatic carbocycles. The molecule has 1 rings (SSSR count). The van der Waals surface area contributed by atoms with Crippen LogP contribution < -0.4 is 9.44 Å². The number of hydrogen-bond donors (Lipinski definition) is 2. The zero-order valence-electron chi connectivity index (χ0n) is 23.4. The van der Waals surface area contributed by atoms with E-state index in [2.05, 4.69) is 29.2 Å². The average Bonchev–Trinajstić information content (AvgIpc) is 2.95. The number of hydrogen-bond acceptors (Lipinski definition) is 12. The van der Waals surface area contributed by atoms with Crippen LogP contribution in [0.2, 0.25) is 0 Å². The number of benzene rings is 1. The fourth-order valence-corrected chi connectivity index (χ4v) is 5.91. The van der Waals surface area contributed by atoms with Gasteiger partial charge in [-0.2, -0.15) is 9.44 Å². The van der Waals surface area contributed by atoms with Crippen LogP contribution in [0.1, 0.15) is 27.2 Å². The van der Waals surface area contributed by atoms with E-state index in [9.17, 15) is 36.0 Å². The van der Waals surface area contributed by atoms with E-state index in [-0.39, 0.29) is 6.42 Å². The number of nitrogens with one attached hydrogen (secondary N) is 2. The second kappa shape index (κ2) is 15.4. The van der Waals surface area contributed by atoms with Crippen molar-refractivity contribution in [3.63, 3.8) is 0 Å². The minimum atomic E-state index is -4.53. The van der Waals surface area contributed by atoms with Crippen LogP contribution in [0.15, 0.2) is 72.0 Å². The van der Waals surface area contributed by atoms with Crippen molar-refractivity contribution in [2.75, 3.05) is 26.4 Å². The van der Waals surface area contributed by atoms with E-state index in [4.69, 9.17) is 18.9 Å². The zero-order valence-corrected chi connectivity index (χ0v) is 25.0. The summed E-state index contributed by atoms with van der Waals surface area (Å²) >= 11 is 0. The van der Waals surface area contributed by atoms with Gasteiger partial charge in [-0.15, -0.1) is 0 Å². The highest BCUT2D eigenvalue weighted by Gasteiger charge is 2.36. The van der Waals surface area contributed by atoms with Crippen molar-refractivity contribution in [3.8, 4) is 0 Å². The molecule has 0 aliphatic heterocycles. The fraction of sp³-hybridized carbons (Fsp3) is 0.385. The maximum atomic E-state index is 13.3. The second-order valence-corrected chi connectivity index (χ2v) is 12.6. The number of esters is 4. The molecular weight excluding hydrogens is 596 g/mol. The zero-order chi connectivity index (χ0) is 32.2. The topological polar surface area (TPSA) is 198 Å². The molecule has 14 nitrogen and oxygen atoms in total. The molecule has 0 spiro atoms. The van der Waals surface area contributed by atoms with Crippen molar-refractivity contribution >= 4 is 43.9 Å². The minimum Gasteiger partial charge on any atom is -0.464 e. The summed E-state index contributed by atoms with van der Waals surface area (Å²) in [4.78, 5) is 45.4. The van der Waals surface area contributed by atoms with Crippen molar-refractivity contribution in [1.82, 2.24) is 9.44 Å². The van der Waals surface area contributed by atoms with E-state index in [1.165, 1.54) is 20.8 Å². The van der Waals surface area contributed by atoms with Gasteiger partial charge in [0.2, 0.25) is 20.0 Å². The number of carbonyl (C=O) groups excluding carboxylic acids is 4. The Morgan fingerprint density at radius 2 is 1.05 bits per heavy atom. The average molecular weight is 631 g/mol. The van der Waals surface area contributed by atoms with Gasteiger partial charge in [0.1, 0.15) is 26.4 Å². The van der Waals surface area contributed by atoms with Crippen molar-refractivity contribution in [1.29, 1.82) is 0 Å². The van der Waals surface area contributed by atoms with Gasteiger partial charge in [0.05, 0.1) is 20.9 Å². The first-order valence-electron chi connectivity index (χ1n) is 12.2. The predicted molar refractivity (Wildman–Crippen MR) is 149 cm³/mol. The molecular formula is C26H34N2O12S2. The lowest BCUT2D eigenvalue weighted by Crippen LogP contribution is -2.53. The molecule has 2 N–H and O–H groups in total. The Hall–Kier alpha value is -3.86. The Bertz CT molecular complexity index is 1400. The van der Waals surface area contributed by atoms with E-state index in [1.807, 2.05) is 0 Å². The second-order valence-electron chi connectivity index (χ2n) is 9.26. The normalized spacial score (nSPS) is 13.1. The molecule has 1 aromatic rings. The lowest BCUT2D eigenvalue weighted by Gasteiger charge is -2.30. The Morgan fingerprint density at radius 1 is 0.714 bits per heavy atom. The first kappa shape index (κ1) is 36.2. The summed E-state index contributed by atoms with van der Waals surface area (Å²) in [5.41, 5.74) is -3.35. The van der Waals surface area contributed by atoms with Crippen LogP contribution in [-0.2, 0) is 58.2 Å². The smallest absolute Gasteiger partial charge is 0.330 e. The van der Waals surface area contributed by atoms with Crippen LogP contribution in [0.3, 0.4) is 0 Å². The van der Waals surface area contributed by atoms with Gasteiger partial charge in [0, 0.05) is 24.6 Å². The van der Waals surface area contributed by atoms with Gasteiger partial charge in [-0.3, -0.25) is 4.79 Å². The highest BCUT2D eigenvalue weighted by molar-refractivity contribution is 7.90. The maximum Gasteiger partial charge on any atom is 0.330 e. The molecule has 0 saturated carbocycles. The highest BCUT2D eigenvalue weighted by Crippen LogP contribution is 2.21. The maximum absolute atomic E-state index is 13.3. The lowest BCUT2D eigenvalue weighted by molar-refractivity contribution is -0.148. The molecule has 0 aliphatic carbocycles. The van der Waals surface area contributed by atoms with Gasteiger partial charge in [0.25, 0.3) is 0 Å². The van der Waals surface area contributed by atoms with Crippen molar-refractivity contribution in [3.05, 3.63) is 62.2 Å². The largest absolute Gasteiger partial charge is 0.464 e. The minimum absolute atomic E-state index is 0.000674. The molecule has 0 aromatic heterocycles. The van der Waals surface area contributed by atoms with Crippen LogP contribution in [0, 0.1) is 0 Å². The Balaban J connectivity index is 3.36. The van der Waals surface area contributed by atoms with E-state index in [0.29, 0.717) is 0 Å². The molecule has 16 heteroatoms. The third-order valence-corrected chi connectivity index (χ3v) is 8.40. The van der Waals surface area contributed by atoms with Gasteiger partial charge in [0.15, 0.2) is 0 Å². The number of carbonyl (C=O) groups is 4. The quantitative estimate of drug-likeness (QED) is 0.132. The summed E-state index contributed by atoms with van der Waals surface area (Å²) < 4.78 is 77.6. The summed E-state index contributed by atoms with van der Waals surface area (Å²) in [5, 5.41) is 0. The highest BCUT2D eigenvalue weighted by atomic mass is 32.2. The van der Waals surface area contributed by atoms with E-state index < -0.39 is 91.2 Å². The Morgan fingerprint density at radius 3 is 1.36 bits per heavy atom. The standard InChI is InChI=1S/C26H34N2O12S2/c1-7-21(29)37-15-25(5,16-38-22(30)8-2)27-41(33,34)19-12-11-13-20(14-19)42(35,36)28-26(6,17-39-23(31)9-3)18-40-24(32)10-4/h7-9,11-14,27-28H,1-3,10,15-18H2,4-6H3. The van der Waals surface area contributed by atoms with E-state index >= 15 is 0 Å². The lowest BCUT2D eigenvalue weighted by atomic mass is 10.1. The first-order valence-corrected chi connectivity index (χ1v) is 15.1. The summed E-state index contributed by atoms with van der Waals surface area (Å²) in [6.45, 7) is 11.6. The van der Waals surface area contributed by atoms with Crippen LogP contribution in [-0.4, -0.2) is 78.2 Å². The van der Waals surface area contributed by atoms with E-state index in [0.717, 1.165) is 42.5 Å². The van der Waals surface area contributed by atoms with Crippen LogP contribution in [0.25, 0.3) is 0 Å². The van der Waals surface area contributed by atoms with Crippen molar-refractivity contribution < 1.29 is 55.0 Å². The Labute approximate surface area is 244 Å². The monoisotopic (exact) mass is 630 g/mol. The fourth-order valence-electron chi connectivity index (χ4n) is 2.99. The molecule has 0 aliphatic rings. The summed E-state index contributed by atoms with van der Waals surface area (Å²) in [7, 11) is -9.04. The molecule has 0 amide bonds. The van der Waals surface area contributed by atoms with Crippen LogP contribution in [0.4, 0.5) is 0 Å². The molecule has 1 unspecified atom stereocenters. The first-order chi connectivity index (χ1) is 19.4. The predicted octanol–water partition coefficient (Wildman–Crippen LogP) is 0.901. The molecule has 0 heterocycles. The van der Waals surface area contributed by atoms with Gasteiger partial charge in [-0.25, -0.2) is 31.2 Å². The molecule has 232 valence electrons. The van der Waals surface area contributed by atoms with Crippen LogP contribution >= 0.6 is 0 Å². The number of sulfonamides is 2. The summed E-state index contributed by atoms with van der Waals surface area (Å²) in [6.07, 6.45) is 2.56. The third-order valence-electron chi connectivity index (χ3n) is 5.13. The third kappa shape index (κ3) is 11.6. The van der Waals surface area contributed by atoms with Gasteiger partial charge < -0.3 is 18.9 Å². The van der Waals surface area contributed by atoms with Gasteiger partial charge in [-0.05, 0) is 32.0 Å². The van der Waals surface area contributed by atoms with Gasteiger partial charge in [-0.1, -0.05) is 32.7 Å². The molecule has 42 heavy (non-hydrogen) atoms.